The van der Waals surface area contributed by atoms with Crippen LogP contribution in [0.15, 0.2) is 72.5 Å². The van der Waals surface area contributed by atoms with Crippen LogP contribution in [0.4, 0.5) is 0 Å². The smallest absolute Gasteiger partial charge is 0.218 e. The van der Waals surface area contributed by atoms with Crippen molar-refractivity contribution in [1.29, 1.82) is 0 Å². The summed E-state index contributed by atoms with van der Waals surface area (Å²) in [5.41, 5.74) is 5.20. The third kappa shape index (κ3) is 5.61. The third-order valence-electron chi connectivity index (χ3n) is 5.53. The molecular weight excluding hydrogens is 404 g/mol. The fourth-order valence-corrected chi connectivity index (χ4v) is 4.97. The van der Waals surface area contributed by atoms with Gasteiger partial charge in [-0.05, 0) is 49.0 Å². The number of allylic oxidation sites excluding steroid dienone is 4. The molecule has 0 radical (unpaired) electrons. The SMILES string of the molecule is O=S(=O)(NCc1ccnc2c1C=CCC2)C1C=CC(C#CCCc2ccccc2)=CC1. The molecule has 0 fully saturated rings. The average molecular weight is 431 g/mol. The molecule has 1 aromatic carbocycles. The third-order valence-corrected chi connectivity index (χ3v) is 7.23. The lowest BCUT2D eigenvalue weighted by Crippen LogP contribution is -2.33. The van der Waals surface area contributed by atoms with Crippen molar-refractivity contribution in [2.24, 2.45) is 0 Å². The summed E-state index contributed by atoms with van der Waals surface area (Å²) >= 11 is 0. The minimum absolute atomic E-state index is 0.276. The van der Waals surface area contributed by atoms with Crippen LogP contribution >= 0.6 is 0 Å². The van der Waals surface area contributed by atoms with Crippen molar-refractivity contribution >= 4 is 16.1 Å². The van der Waals surface area contributed by atoms with Gasteiger partial charge in [-0.3, -0.25) is 4.98 Å². The number of nitrogens with one attached hydrogen (secondary N) is 1. The molecule has 5 heteroatoms. The van der Waals surface area contributed by atoms with Crippen LogP contribution < -0.4 is 4.72 Å². The zero-order chi connectivity index (χ0) is 21.5. The number of rotatable bonds is 6. The van der Waals surface area contributed by atoms with Crippen molar-refractivity contribution < 1.29 is 8.42 Å². The van der Waals surface area contributed by atoms with E-state index in [1.54, 1.807) is 12.3 Å². The molecule has 1 aromatic heterocycles. The lowest BCUT2D eigenvalue weighted by molar-refractivity contribution is 0.572. The van der Waals surface area contributed by atoms with Crippen LogP contribution in [0, 0.1) is 11.8 Å². The number of aromatic nitrogens is 1. The summed E-state index contributed by atoms with van der Waals surface area (Å²) in [7, 11) is -3.47. The zero-order valence-electron chi connectivity index (χ0n) is 17.4. The van der Waals surface area contributed by atoms with Gasteiger partial charge in [0, 0.05) is 36.0 Å². The van der Waals surface area contributed by atoms with Crippen molar-refractivity contribution in [3.8, 4) is 11.8 Å². The van der Waals surface area contributed by atoms with Crippen molar-refractivity contribution in [2.75, 3.05) is 0 Å². The molecule has 1 atom stereocenters. The van der Waals surface area contributed by atoms with E-state index in [0.717, 1.165) is 48.1 Å². The number of aryl methyl sites for hydroxylation is 2. The molecular formula is C26H26N2O2S. The van der Waals surface area contributed by atoms with Crippen molar-refractivity contribution in [2.45, 2.75) is 43.9 Å². The number of pyridine rings is 1. The molecule has 1 heterocycles. The van der Waals surface area contributed by atoms with Gasteiger partial charge in [0.2, 0.25) is 10.0 Å². The van der Waals surface area contributed by atoms with Gasteiger partial charge in [-0.1, -0.05) is 66.5 Å². The second-order valence-corrected chi connectivity index (χ2v) is 9.70. The fraction of sp³-hybridized carbons (Fsp3) is 0.269. The normalized spacial score (nSPS) is 17.4. The molecule has 4 rings (SSSR count). The van der Waals surface area contributed by atoms with Crippen LogP contribution in [0.1, 0.15) is 41.6 Å². The summed E-state index contributed by atoms with van der Waals surface area (Å²) < 4.78 is 28.4. The van der Waals surface area contributed by atoms with Gasteiger partial charge < -0.3 is 0 Å². The molecule has 1 unspecified atom stereocenters. The molecule has 0 amide bonds. The Labute approximate surface area is 184 Å². The Kier molecular flexibility index (Phi) is 6.81. The molecule has 0 saturated heterocycles. The topological polar surface area (TPSA) is 59.1 Å². The maximum Gasteiger partial charge on any atom is 0.218 e. The van der Waals surface area contributed by atoms with Gasteiger partial charge in [-0.15, -0.1) is 0 Å². The first-order valence-corrected chi connectivity index (χ1v) is 12.2. The van der Waals surface area contributed by atoms with Gasteiger partial charge in [0.15, 0.2) is 0 Å². The van der Waals surface area contributed by atoms with Gasteiger partial charge in [-0.25, -0.2) is 13.1 Å². The van der Waals surface area contributed by atoms with Gasteiger partial charge in [-0.2, -0.15) is 0 Å². The molecule has 2 aliphatic rings. The summed E-state index contributed by atoms with van der Waals surface area (Å²) in [4.78, 5) is 4.41. The molecule has 2 aromatic rings. The Bertz CT molecular complexity index is 1180. The van der Waals surface area contributed by atoms with Gasteiger partial charge >= 0.3 is 0 Å². The van der Waals surface area contributed by atoms with E-state index in [0.29, 0.717) is 6.42 Å². The van der Waals surface area contributed by atoms with E-state index in [1.807, 2.05) is 42.5 Å². The lowest BCUT2D eigenvalue weighted by atomic mass is 9.98. The van der Waals surface area contributed by atoms with Crippen LogP contribution in [-0.4, -0.2) is 18.7 Å². The first-order chi connectivity index (χ1) is 15.1. The number of sulfonamides is 1. The van der Waals surface area contributed by atoms with Crippen molar-refractivity contribution in [1.82, 2.24) is 9.71 Å². The minimum atomic E-state index is -3.47. The zero-order valence-corrected chi connectivity index (χ0v) is 18.2. The van der Waals surface area contributed by atoms with E-state index < -0.39 is 15.3 Å². The number of benzene rings is 1. The van der Waals surface area contributed by atoms with Crippen molar-refractivity contribution in [3.63, 3.8) is 0 Å². The molecule has 4 nitrogen and oxygen atoms in total. The molecule has 0 aliphatic heterocycles. The van der Waals surface area contributed by atoms with Crippen molar-refractivity contribution in [3.05, 3.63) is 94.9 Å². The number of nitrogens with zero attached hydrogens (tertiary/aromatic N) is 1. The highest BCUT2D eigenvalue weighted by atomic mass is 32.2. The first-order valence-electron chi connectivity index (χ1n) is 10.6. The Hall–Kier alpha value is -2.94. The fourth-order valence-electron chi connectivity index (χ4n) is 3.76. The predicted molar refractivity (Wildman–Crippen MR) is 126 cm³/mol. The Morgan fingerprint density at radius 1 is 1.13 bits per heavy atom. The average Bonchev–Trinajstić information content (AvgIpc) is 2.81. The Morgan fingerprint density at radius 3 is 2.81 bits per heavy atom. The molecule has 1 N–H and O–H groups in total. The summed E-state index contributed by atoms with van der Waals surface area (Å²) in [6.07, 6.45) is 15.4. The second kappa shape index (κ2) is 9.91. The van der Waals surface area contributed by atoms with Crippen LogP contribution in [0.2, 0.25) is 0 Å². The van der Waals surface area contributed by atoms with E-state index in [9.17, 15) is 8.42 Å². The monoisotopic (exact) mass is 430 g/mol. The molecule has 2 aliphatic carbocycles. The summed E-state index contributed by atoms with van der Waals surface area (Å²) in [6, 6.07) is 12.2. The highest BCUT2D eigenvalue weighted by Crippen LogP contribution is 2.22. The van der Waals surface area contributed by atoms with Crippen LogP contribution in [0.25, 0.3) is 6.08 Å². The largest absolute Gasteiger partial charge is 0.261 e. The van der Waals surface area contributed by atoms with Gasteiger partial charge in [0.25, 0.3) is 0 Å². The van der Waals surface area contributed by atoms with Crippen LogP contribution in [0.3, 0.4) is 0 Å². The molecule has 158 valence electrons. The maximum absolute atomic E-state index is 12.8. The molecule has 0 saturated carbocycles. The number of hydrogen-bond donors (Lipinski definition) is 1. The molecule has 0 spiro atoms. The maximum atomic E-state index is 12.8. The van der Waals surface area contributed by atoms with E-state index in [4.69, 9.17) is 0 Å². The van der Waals surface area contributed by atoms with E-state index in [1.165, 1.54) is 5.56 Å². The highest BCUT2D eigenvalue weighted by molar-refractivity contribution is 7.90. The summed E-state index contributed by atoms with van der Waals surface area (Å²) in [6.45, 7) is 0.276. The van der Waals surface area contributed by atoms with E-state index >= 15 is 0 Å². The number of fused-ring (bicyclic) bond motifs is 1. The molecule has 0 bridgehead atoms. The van der Waals surface area contributed by atoms with Gasteiger partial charge in [0.05, 0.1) is 5.25 Å². The summed E-state index contributed by atoms with van der Waals surface area (Å²) in [5, 5.41) is -0.574. The first kappa shape index (κ1) is 21.3. The quantitative estimate of drug-likeness (QED) is 0.693. The highest BCUT2D eigenvalue weighted by Gasteiger charge is 2.24. The van der Waals surface area contributed by atoms with Crippen LogP contribution in [0.5, 0.6) is 0 Å². The van der Waals surface area contributed by atoms with E-state index in [2.05, 4.69) is 39.8 Å². The lowest BCUT2D eigenvalue weighted by Gasteiger charge is -2.18. The second-order valence-electron chi connectivity index (χ2n) is 7.72. The Balaban J connectivity index is 1.31. The number of hydrogen-bond acceptors (Lipinski definition) is 3. The predicted octanol–water partition coefficient (Wildman–Crippen LogP) is 4.35. The molecule has 31 heavy (non-hydrogen) atoms. The van der Waals surface area contributed by atoms with Gasteiger partial charge in [0.1, 0.15) is 0 Å². The minimum Gasteiger partial charge on any atom is -0.261 e. The van der Waals surface area contributed by atoms with E-state index in [-0.39, 0.29) is 6.54 Å². The standard InChI is InChI=1S/C26H26N2O2S/c29-31(30,28-20-23-18-19-27-26-13-7-6-12-25(23)26)24-16-14-22(15-17-24)11-5-4-10-21-8-2-1-3-9-21/h1-3,6,8-9,12,14-16,18-19,24,28H,4,7,10,13,17,20H2. The van der Waals surface area contributed by atoms with Crippen LogP contribution in [-0.2, 0) is 29.4 Å². The Morgan fingerprint density at radius 2 is 2.00 bits per heavy atom. The summed E-state index contributed by atoms with van der Waals surface area (Å²) in [5.74, 6) is 6.34.